The van der Waals surface area contributed by atoms with Gasteiger partial charge in [0.1, 0.15) is 29.1 Å². The van der Waals surface area contributed by atoms with Crippen molar-refractivity contribution in [3.8, 4) is 0 Å². The number of hydrogen-bond donors (Lipinski definition) is 12. The van der Waals surface area contributed by atoms with Crippen molar-refractivity contribution in [1.29, 1.82) is 0 Å². The number of carboxylic acids is 1. The van der Waals surface area contributed by atoms with E-state index in [1.54, 1.807) is 12.4 Å². The maximum Gasteiger partial charge on any atom is 0.0162 e. The predicted molar refractivity (Wildman–Crippen MR) is 491 cm³/mol. The molecule has 0 bridgehead atoms. The summed E-state index contributed by atoms with van der Waals surface area (Å²) >= 11 is 9.53. The Labute approximate surface area is 846 Å². The molecule has 0 spiro atoms. The summed E-state index contributed by atoms with van der Waals surface area (Å²) in [5.74, 6) is -6.39. The van der Waals surface area contributed by atoms with E-state index in [1.807, 2.05) is 12.1 Å². The molecule has 0 aliphatic carbocycles. The predicted octanol–water partition coefficient (Wildman–Crippen LogP) is 10.8. The van der Waals surface area contributed by atoms with E-state index in [-0.39, 0.29) is 223 Å². The number of aliphatic carboxylic acids is 1. The molecule has 1 saturated heterocycles. The smallest absolute Gasteiger partial charge is 0.0162 e. The number of pyridine rings is 1. The van der Waals surface area contributed by atoms with Gasteiger partial charge in [-0.1, -0.05) is 38.5 Å². The average molecular weight is 2670 g/mol. The van der Waals surface area contributed by atoms with Gasteiger partial charge in [0, 0.05) is 241 Å². The second-order valence-electron chi connectivity index (χ2n) is 29.9. The molecule has 0 unspecified atom stereocenters. The van der Waals surface area contributed by atoms with Gasteiger partial charge in [-0.05, 0) is 139 Å². The number of unbranched alkanes of at least 4 members (excludes halogenated alkanes) is 14. The van der Waals surface area contributed by atoms with Gasteiger partial charge in [-0.3, -0.25) is 103 Å². The van der Waals surface area contributed by atoms with Crippen molar-refractivity contribution < 1.29 is 193 Å². The normalized spacial score (nSPS) is 11.2. The van der Waals surface area contributed by atoms with Gasteiger partial charge in [-0.15, -0.1) is 39.3 Å². The summed E-state index contributed by atoms with van der Waals surface area (Å²) in [4.78, 5) is 180. The quantitative estimate of drug-likeness (QED) is 0.00947. The number of nitrogens with one attached hydrogen (secondary N) is 8. The third-order valence-corrected chi connectivity index (χ3v) is 19.0. The monoisotopic (exact) mass is 2670 g/mol. The van der Waals surface area contributed by atoms with Gasteiger partial charge in [0.2, 0.25) is 59.1 Å². The zero-order chi connectivity index (χ0) is 99.3. The Morgan fingerprint density at radius 3 is 0.939 bits per heavy atom. The Morgan fingerprint density at radius 2 is 0.667 bits per heavy atom. The maximum atomic E-state index is 12.2. The van der Waals surface area contributed by atoms with Gasteiger partial charge >= 0.3 is 91.6 Å². The summed E-state index contributed by atoms with van der Waals surface area (Å²) < 4.78 is 31.5. The SMILES string of the molecule is CC(=O)N(O)CCCCCCC(=O)CCC(=O)N(O)CCCCCNC(=O)CCC(=O)N(O)CCCCCNC(=O)CCC(=O)CCC1CC[N-]CC1.CC(=O)N(O)CCCCCCC(=O)CCC(=O)N(O)CCCCCNC(=O)CCC(=O)N(O)CCCCCNC(=O)CCC(=O)CCc1ccncc1.O=C([O-])C(F)(F)F.[Fe].[Fe].[I][Pt+2][I].[I][Pt].[NH-]CC(O)C[NH-].[NH-]CC(O)C[NH-]. The van der Waals surface area contributed by atoms with Crippen LogP contribution in [0.4, 0.5) is 13.2 Å². The van der Waals surface area contributed by atoms with E-state index in [0.29, 0.717) is 209 Å². The number of aryl methyl sites for hydroxylation is 1. The van der Waals surface area contributed by atoms with Gasteiger partial charge in [-0.2, -0.15) is 13.2 Å². The number of alkyl halides is 3. The number of aromatic nitrogens is 1. The van der Waals surface area contributed by atoms with Crippen LogP contribution < -0.4 is 26.4 Å². The molecule has 1 aliphatic rings. The van der Waals surface area contributed by atoms with Gasteiger partial charge in [0.15, 0.2) is 0 Å². The molecule has 0 saturated carbocycles. The van der Waals surface area contributed by atoms with Crippen LogP contribution in [0.2, 0.25) is 0 Å². The van der Waals surface area contributed by atoms with Crippen molar-refractivity contribution in [3.63, 3.8) is 0 Å². The summed E-state index contributed by atoms with van der Waals surface area (Å²) in [5.41, 5.74) is 26.8. The first-order valence-electron chi connectivity index (χ1n) is 43.5. The van der Waals surface area contributed by atoms with E-state index in [1.165, 1.54) is 13.8 Å². The van der Waals surface area contributed by atoms with Crippen molar-refractivity contribution in [2.24, 2.45) is 5.92 Å². The Bertz CT molecular complexity index is 3220. The fourth-order valence-electron chi connectivity index (χ4n) is 11.1. The minimum atomic E-state index is -5.19. The molecule has 10 amide bonds. The van der Waals surface area contributed by atoms with Gasteiger partial charge in [0.25, 0.3) is 0 Å². The summed E-state index contributed by atoms with van der Waals surface area (Å²) in [6.07, 6.45) is 15.0. The average Bonchev–Trinajstić information content (AvgIpc) is 0.894. The van der Waals surface area contributed by atoms with Crippen LogP contribution in [-0.4, -0.2) is 288 Å². The minimum absolute atomic E-state index is 0. The zero-order valence-electron chi connectivity index (χ0n) is 75.4. The molecule has 40 nitrogen and oxygen atoms in total. The van der Waals surface area contributed by atoms with E-state index in [9.17, 15) is 112 Å². The van der Waals surface area contributed by atoms with Gasteiger partial charge in [0.05, 0.1) is 0 Å². The molecular weight excluding hydrogens is 2530 g/mol. The van der Waals surface area contributed by atoms with Crippen LogP contribution in [0.5, 0.6) is 0 Å². The second kappa shape index (κ2) is 97.1. The number of aliphatic hydroxyl groups excluding tert-OH is 2. The number of rotatable bonds is 66. The molecule has 2 heterocycles. The Hall–Kier alpha value is -4.12. The first-order chi connectivity index (χ1) is 61.7. The van der Waals surface area contributed by atoms with Crippen LogP contribution in [0.15, 0.2) is 24.5 Å². The second-order valence-corrected chi connectivity index (χ2v) is 46.5. The number of amides is 10. The minimum Gasteiger partial charge on any atom is -0.675 e. The first kappa shape index (κ1) is 141. The van der Waals surface area contributed by atoms with E-state index >= 15 is 0 Å². The number of piperidine rings is 1. The third kappa shape index (κ3) is 94.8. The number of carbonyl (C=O) groups is 15. The van der Waals surface area contributed by atoms with Crippen LogP contribution in [0.1, 0.15) is 270 Å². The molecule has 132 heavy (non-hydrogen) atoms. The van der Waals surface area contributed by atoms with Crippen molar-refractivity contribution in [1.82, 2.24) is 56.6 Å². The van der Waals surface area contributed by atoms with Crippen LogP contribution >= 0.6 is 58.1 Å². The molecule has 775 valence electrons. The Morgan fingerprint density at radius 1 is 0.424 bits per heavy atom. The number of nitrogens with zero attached hydrogens (tertiary/aromatic N) is 8. The number of hydrogen-bond acceptors (Lipinski definition) is 25. The van der Waals surface area contributed by atoms with Gasteiger partial charge < -0.3 is 69.6 Å². The van der Waals surface area contributed by atoms with Crippen LogP contribution in [0.25, 0.3) is 28.3 Å². The van der Waals surface area contributed by atoms with Gasteiger partial charge in [-0.25, -0.2) is 30.4 Å². The number of carboxylic acid groups (broad SMARTS) is 1. The van der Waals surface area contributed by atoms with E-state index in [4.69, 9.17) is 43.0 Å². The molecule has 16 N–H and O–H groups in total. The van der Waals surface area contributed by atoms with E-state index in [2.05, 4.69) is 106 Å². The molecule has 0 aromatic carbocycles. The fourth-order valence-corrected chi connectivity index (χ4v) is 11.1. The topological polar surface area (TPSA) is 631 Å². The fraction of sp³-hybridized carbons (Fsp3) is 0.756. The maximum absolute atomic E-state index is 12.2. The molecule has 0 atom stereocenters. The molecule has 50 heteroatoms. The number of hydroxylamine groups is 12. The molecule has 1 aromatic heterocycles. The summed E-state index contributed by atoms with van der Waals surface area (Å²) in [7, 11) is 0. The number of Topliss-reactive ketones (excluding diaryl/α,β-unsaturated/α-hetero) is 4. The molecule has 1 fully saturated rings. The number of ketones is 4. The van der Waals surface area contributed by atoms with Crippen molar-refractivity contribution in [3.05, 3.63) is 58.3 Å². The molecule has 0 radical (unpaired) electrons. The Balaban J connectivity index is -0.000000373. The largest absolute Gasteiger partial charge is 0.675 e. The number of carbonyl (C=O) groups excluding carboxylic acids is 15. The summed E-state index contributed by atoms with van der Waals surface area (Å²) in [6.45, 7) is 6.68. The molecule has 1 aliphatic heterocycles. The number of aliphatic hydroxyl groups is 2. The van der Waals surface area contributed by atoms with Crippen molar-refractivity contribution in [2.45, 2.75) is 289 Å². The molecule has 1 aromatic rings. The standard InChI is InChI=1S/C37H65N6O10.C37H60N6O10.2C3H8N2O.C2HF3O2.2Fe.3HI.2Pt/c2*1-30(44)41(51)27-9-3-2-6-12-32(45)16-19-36(49)42(52)28-10-5-8-24-40-35(48)18-20-37(50)43(53)29-11-4-7-23-39-34(47)17-15-33(46)14-13-31-21-25-38-26-22-31;2*4-1-3(6)2-5;3-2(4,5)1(6)7;;;;;;;/h31,51-53H,2-29H2,1H3,(H,39,47)(H,40,48);21-22,25-26,51-53H,2-20,23-24,27-29H2,1H3,(H,39,47)(H,40,48);2*3-6H,1-2H2;(H,6,7);;;3*1H;;/q-1;;2*-2;;;;;;;+1;+4/p-4. The van der Waals surface area contributed by atoms with Crippen molar-refractivity contribution in [2.75, 3.05) is 105 Å². The summed E-state index contributed by atoms with van der Waals surface area (Å²) in [6, 6.07) is 3.72. The van der Waals surface area contributed by atoms with Crippen LogP contribution in [-0.2, 0) is 140 Å². The number of halogens is 6. The zero-order valence-corrected chi connectivity index (χ0v) is 88.7. The first-order valence-corrected chi connectivity index (χ1v) is 62.8. The Kier molecular flexibility index (Phi) is 104. The third-order valence-electron chi connectivity index (χ3n) is 19.0. The molecular formula is C82H141F3Fe2I3N16O24Pt2-4. The van der Waals surface area contributed by atoms with Crippen LogP contribution in [0.3, 0.4) is 0 Å². The van der Waals surface area contributed by atoms with Crippen molar-refractivity contribution >= 4 is 146 Å². The van der Waals surface area contributed by atoms with E-state index in [0.717, 1.165) is 63.6 Å². The van der Waals surface area contributed by atoms with E-state index < -0.39 is 59.8 Å². The molecule has 2 rings (SSSR count). The summed E-state index contributed by atoms with van der Waals surface area (Å²) in [5, 5.41) is 103. The van der Waals surface area contributed by atoms with Crippen LogP contribution in [0, 0.1) is 5.92 Å².